The molecule has 0 radical (unpaired) electrons. The maximum atomic E-state index is 10.4. The predicted molar refractivity (Wildman–Crippen MR) is 40.7 cm³/mol. The van der Waals surface area contributed by atoms with Gasteiger partial charge in [0.2, 0.25) is 0 Å². The van der Waals surface area contributed by atoms with Gasteiger partial charge in [-0.15, -0.1) is 0 Å². The smallest absolute Gasteiger partial charge is 0.202 e. The first-order valence-electron chi connectivity index (χ1n) is 2.72. The molecule has 0 saturated heterocycles. The van der Waals surface area contributed by atoms with E-state index in [9.17, 15) is 3.89 Å². The van der Waals surface area contributed by atoms with Crippen LogP contribution in [0.1, 0.15) is 0 Å². The second-order valence-electron chi connectivity index (χ2n) is 1.63. The molecule has 1 rings (SSSR count). The zero-order chi connectivity index (χ0) is 8.74. The third-order valence-corrected chi connectivity index (χ3v) is 0.667. The number of hydrogen-bond donors (Lipinski definition) is 1. The molecule has 0 aliphatic heterocycles. The van der Waals surface area contributed by atoms with Gasteiger partial charge in [0.05, 0.1) is 0 Å². The van der Waals surface area contributed by atoms with E-state index in [0.717, 1.165) is 0 Å². The second-order valence-corrected chi connectivity index (χ2v) is 2.58. The molecule has 2 N–H and O–H groups in total. The van der Waals surface area contributed by atoms with Crippen LogP contribution in [0.25, 0.3) is 0 Å². The van der Waals surface area contributed by atoms with E-state index in [0.29, 0.717) is 0 Å². The quantitative estimate of drug-likeness (QED) is 0.597. The summed E-state index contributed by atoms with van der Waals surface area (Å²) in [6.07, 6.45) is 0. The van der Waals surface area contributed by atoms with Crippen LogP contribution in [0.3, 0.4) is 0 Å². The van der Waals surface area contributed by atoms with E-state index in [1.807, 2.05) is 36.4 Å². The highest BCUT2D eigenvalue weighted by Crippen LogP contribution is 1.79. The van der Waals surface area contributed by atoms with Crippen LogP contribution in [-0.4, -0.2) is 8.42 Å². The van der Waals surface area contributed by atoms with Crippen molar-refractivity contribution in [1.29, 1.82) is 0 Å². The number of rotatable bonds is 0. The maximum absolute atomic E-state index is 10.4. The molecule has 0 aromatic heterocycles. The summed E-state index contributed by atoms with van der Waals surface area (Å²) in [7, 11) is -4.67. The zero-order valence-electron chi connectivity index (χ0n) is 5.64. The highest BCUT2D eigenvalue weighted by molar-refractivity contribution is 7.83. The van der Waals surface area contributed by atoms with Crippen LogP contribution in [-0.2, 0) is 10.4 Å². The fourth-order valence-corrected chi connectivity index (χ4v) is 0.385. The van der Waals surface area contributed by atoms with Gasteiger partial charge in [0, 0.05) is 0 Å². The van der Waals surface area contributed by atoms with Crippen molar-refractivity contribution in [1.82, 2.24) is 0 Å². The molecule has 0 unspecified atom stereocenters. The Hall–Kier alpha value is -0.940. The van der Waals surface area contributed by atoms with Crippen LogP contribution < -0.4 is 5.14 Å². The highest BCUT2D eigenvalue weighted by Gasteiger charge is 1.86. The SMILES string of the molecule is NS(=O)(=O)F.c1ccccc1. The van der Waals surface area contributed by atoms with Crippen LogP contribution in [0, 0.1) is 0 Å². The van der Waals surface area contributed by atoms with Gasteiger partial charge < -0.3 is 0 Å². The van der Waals surface area contributed by atoms with Crippen molar-refractivity contribution < 1.29 is 12.3 Å². The molecule has 0 aliphatic carbocycles. The van der Waals surface area contributed by atoms with Crippen LogP contribution >= 0.6 is 0 Å². The van der Waals surface area contributed by atoms with Crippen molar-refractivity contribution in [2.75, 3.05) is 0 Å². The molecular formula is C6H8FNO2S. The van der Waals surface area contributed by atoms with E-state index in [1.54, 1.807) is 0 Å². The van der Waals surface area contributed by atoms with Gasteiger partial charge in [-0.1, -0.05) is 40.3 Å². The molecule has 0 aliphatic rings. The average molecular weight is 177 g/mol. The standard InChI is InChI=1S/C6H6.FH2NO2S/c1-2-4-6-5-3-1;1-5(2,3)4/h1-6H;(H2,2,3,4). The van der Waals surface area contributed by atoms with E-state index in [4.69, 9.17) is 8.42 Å². The molecule has 1 aromatic carbocycles. The summed E-state index contributed by atoms with van der Waals surface area (Å²) in [6.45, 7) is 0. The van der Waals surface area contributed by atoms with Crippen LogP contribution in [0.2, 0.25) is 0 Å². The molecule has 1 aromatic rings. The monoisotopic (exact) mass is 177 g/mol. The molecule has 62 valence electrons. The van der Waals surface area contributed by atoms with Crippen molar-refractivity contribution in [2.24, 2.45) is 5.14 Å². The minimum Gasteiger partial charge on any atom is -0.202 e. The predicted octanol–water partition coefficient (Wildman–Crippen LogP) is 0.846. The van der Waals surface area contributed by atoms with Gasteiger partial charge in [0.1, 0.15) is 0 Å². The fraction of sp³-hybridized carbons (Fsp3) is 0. The lowest BCUT2D eigenvalue weighted by Crippen LogP contribution is -2.01. The summed E-state index contributed by atoms with van der Waals surface area (Å²) >= 11 is 0. The Morgan fingerprint density at radius 1 is 0.909 bits per heavy atom. The van der Waals surface area contributed by atoms with Crippen molar-refractivity contribution >= 4 is 10.4 Å². The molecule has 0 fully saturated rings. The largest absolute Gasteiger partial charge is 0.369 e. The Balaban J connectivity index is 0.000000187. The summed E-state index contributed by atoms with van der Waals surface area (Å²) < 4.78 is 27.9. The van der Waals surface area contributed by atoms with E-state index < -0.39 is 10.4 Å². The first-order chi connectivity index (χ1) is 5.00. The first-order valence-corrected chi connectivity index (χ1v) is 4.17. The Morgan fingerprint density at radius 2 is 1.00 bits per heavy atom. The lowest BCUT2D eigenvalue weighted by Gasteiger charge is -1.69. The molecule has 0 saturated carbocycles. The molecule has 0 spiro atoms. The van der Waals surface area contributed by atoms with E-state index in [-0.39, 0.29) is 0 Å². The Morgan fingerprint density at radius 3 is 1.09 bits per heavy atom. The fourth-order valence-electron chi connectivity index (χ4n) is 0.385. The minimum atomic E-state index is -4.67. The average Bonchev–Trinajstić information content (AvgIpc) is 1.88. The molecule has 3 nitrogen and oxygen atoms in total. The summed E-state index contributed by atoms with van der Waals surface area (Å²) in [5.74, 6) is 0. The lowest BCUT2D eigenvalue weighted by molar-refractivity contribution is 0.554. The van der Waals surface area contributed by atoms with Gasteiger partial charge in [-0.3, -0.25) is 0 Å². The normalized spacial score (nSPS) is 9.64. The third kappa shape index (κ3) is 17.6. The van der Waals surface area contributed by atoms with E-state index in [1.165, 1.54) is 0 Å². The van der Waals surface area contributed by atoms with Crippen LogP contribution in [0.5, 0.6) is 0 Å². The second kappa shape index (κ2) is 4.81. The maximum Gasteiger partial charge on any atom is 0.369 e. The summed E-state index contributed by atoms with van der Waals surface area (Å²) in [4.78, 5) is 0. The van der Waals surface area contributed by atoms with Crippen LogP contribution in [0.4, 0.5) is 3.89 Å². The van der Waals surface area contributed by atoms with Crippen molar-refractivity contribution in [3.63, 3.8) is 0 Å². The van der Waals surface area contributed by atoms with Gasteiger partial charge in [0.15, 0.2) is 0 Å². The Kier molecular flexibility index (Phi) is 4.40. The molecule has 0 bridgehead atoms. The summed E-state index contributed by atoms with van der Waals surface area (Å²) in [6, 6.07) is 12.0. The molecule has 5 heteroatoms. The van der Waals surface area contributed by atoms with Crippen LogP contribution in [0.15, 0.2) is 36.4 Å². The van der Waals surface area contributed by atoms with Crippen molar-refractivity contribution in [3.8, 4) is 0 Å². The first kappa shape index (κ1) is 10.1. The van der Waals surface area contributed by atoms with E-state index in [2.05, 4.69) is 5.14 Å². The number of halogens is 1. The van der Waals surface area contributed by atoms with Gasteiger partial charge in [-0.2, -0.15) is 8.42 Å². The van der Waals surface area contributed by atoms with Gasteiger partial charge in [0.25, 0.3) is 0 Å². The number of nitrogens with two attached hydrogens (primary N) is 1. The zero-order valence-corrected chi connectivity index (χ0v) is 6.46. The van der Waals surface area contributed by atoms with Gasteiger partial charge in [-0.25, -0.2) is 5.14 Å². The van der Waals surface area contributed by atoms with Crippen molar-refractivity contribution in [3.05, 3.63) is 36.4 Å². The minimum absolute atomic E-state index is 2.00. The summed E-state index contributed by atoms with van der Waals surface area (Å²) in [5.41, 5.74) is 0. The third-order valence-electron chi connectivity index (χ3n) is 0.667. The van der Waals surface area contributed by atoms with Gasteiger partial charge in [-0.05, 0) is 0 Å². The van der Waals surface area contributed by atoms with Gasteiger partial charge >= 0.3 is 10.4 Å². The molecular weight excluding hydrogens is 169 g/mol. The molecule has 0 heterocycles. The van der Waals surface area contributed by atoms with E-state index >= 15 is 0 Å². The Labute approximate surface area is 65.0 Å². The molecule has 0 amide bonds. The summed E-state index contributed by atoms with van der Waals surface area (Å²) in [5, 5.41) is 3.66. The number of hydrogen-bond acceptors (Lipinski definition) is 2. The topological polar surface area (TPSA) is 60.2 Å². The molecule has 0 atom stereocenters. The number of benzene rings is 1. The highest BCUT2D eigenvalue weighted by atomic mass is 32.3. The lowest BCUT2D eigenvalue weighted by atomic mass is 10.4. The Bertz CT molecular complexity index is 237. The van der Waals surface area contributed by atoms with Crippen molar-refractivity contribution in [2.45, 2.75) is 0 Å². The molecule has 11 heavy (non-hydrogen) atoms.